The Kier molecular flexibility index (Phi) is 3.10. The monoisotopic (exact) mass is 282 g/mol. The van der Waals surface area contributed by atoms with E-state index in [1.807, 2.05) is 19.1 Å². The van der Waals surface area contributed by atoms with Gasteiger partial charge in [0.1, 0.15) is 11.3 Å². The van der Waals surface area contributed by atoms with E-state index in [2.05, 4.69) is 9.97 Å². The summed E-state index contributed by atoms with van der Waals surface area (Å²) in [6.45, 7) is 3.75. The van der Waals surface area contributed by atoms with Crippen molar-refractivity contribution < 1.29 is 9.52 Å². The van der Waals surface area contributed by atoms with Crippen molar-refractivity contribution in [2.24, 2.45) is 0 Å². The molecule has 5 heteroatoms. The summed E-state index contributed by atoms with van der Waals surface area (Å²) in [7, 11) is 0. The molecular formula is C16H14N2O3. The van der Waals surface area contributed by atoms with E-state index in [4.69, 9.17) is 4.42 Å². The number of aromatic amines is 1. The average molecular weight is 282 g/mol. The highest BCUT2D eigenvalue weighted by molar-refractivity contribution is 5.68. The van der Waals surface area contributed by atoms with Gasteiger partial charge >= 0.3 is 0 Å². The molecule has 0 unspecified atom stereocenters. The first-order valence-electron chi connectivity index (χ1n) is 6.52. The van der Waals surface area contributed by atoms with Crippen molar-refractivity contribution in [3.8, 4) is 28.6 Å². The summed E-state index contributed by atoms with van der Waals surface area (Å²) in [6.07, 6.45) is 0. The summed E-state index contributed by atoms with van der Waals surface area (Å²) in [5.74, 6) is 1.01. The second-order valence-corrected chi connectivity index (χ2v) is 4.89. The molecule has 2 aromatic heterocycles. The van der Waals surface area contributed by atoms with Crippen molar-refractivity contribution in [3.05, 3.63) is 58.1 Å². The summed E-state index contributed by atoms with van der Waals surface area (Å²) in [4.78, 5) is 18.9. The van der Waals surface area contributed by atoms with Crippen LogP contribution in [0.15, 0.2) is 45.6 Å². The maximum Gasteiger partial charge on any atom is 0.263 e. The van der Waals surface area contributed by atoms with Crippen LogP contribution in [-0.4, -0.2) is 15.1 Å². The van der Waals surface area contributed by atoms with Gasteiger partial charge in [-0.1, -0.05) is 29.8 Å². The minimum Gasteiger partial charge on any atom is -0.493 e. The van der Waals surface area contributed by atoms with Gasteiger partial charge in [0.05, 0.1) is 0 Å². The maximum atomic E-state index is 12.2. The Morgan fingerprint density at radius 1 is 1.10 bits per heavy atom. The molecule has 0 saturated heterocycles. The van der Waals surface area contributed by atoms with Crippen LogP contribution in [0.3, 0.4) is 0 Å². The zero-order valence-electron chi connectivity index (χ0n) is 11.7. The molecule has 0 saturated carbocycles. The van der Waals surface area contributed by atoms with Crippen LogP contribution in [0.1, 0.15) is 11.3 Å². The molecule has 0 fully saturated rings. The highest BCUT2D eigenvalue weighted by atomic mass is 16.3. The van der Waals surface area contributed by atoms with E-state index in [0.717, 1.165) is 5.56 Å². The first-order valence-corrected chi connectivity index (χ1v) is 6.52. The van der Waals surface area contributed by atoms with E-state index in [9.17, 15) is 9.90 Å². The number of nitrogens with zero attached hydrogens (tertiary/aromatic N) is 1. The van der Waals surface area contributed by atoms with Gasteiger partial charge in [-0.25, -0.2) is 0 Å². The second-order valence-electron chi connectivity index (χ2n) is 4.89. The lowest BCUT2D eigenvalue weighted by Crippen LogP contribution is -2.11. The van der Waals surface area contributed by atoms with Crippen molar-refractivity contribution in [1.29, 1.82) is 0 Å². The van der Waals surface area contributed by atoms with Gasteiger partial charge in [-0.05, 0) is 31.5 Å². The Labute approximate surface area is 120 Å². The number of hydrogen-bond acceptors (Lipinski definition) is 4. The molecule has 3 rings (SSSR count). The van der Waals surface area contributed by atoms with Gasteiger partial charge in [-0.15, -0.1) is 0 Å². The third kappa shape index (κ3) is 2.45. The molecule has 0 radical (unpaired) electrons. The quantitative estimate of drug-likeness (QED) is 0.757. The third-order valence-electron chi connectivity index (χ3n) is 3.21. The van der Waals surface area contributed by atoms with Crippen LogP contribution < -0.4 is 5.56 Å². The lowest BCUT2D eigenvalue weighted by Gasteiger charge is -2.05. The number of furan rings is 1. The number of aromatic nitrogens is 2. The van der Waals surface area contributed by atoms with Crippen LogP contribution in [0.25, 0.3) is 22.7 Å². The molecular weight excluding hydrogens is 268 g/mol. The van der Waals surface area contributed by atoms with E-state index < -0.39 is 5.56 Å². The molecule has 2 N–H and O–H groups in total. The second kappa shape index (κ2) is 4.94. The van der Waals surface area contributed by atoms with E-state index in [1.165, 1.54) is 0 Å². The van der Waals surface area contributed by atoms with E-state index in [-0.39, 0.29) is 17.3 Å². The summed E-state index contributed by atoms with van der Waals surface area (Å²) in [5.41, 5.74) is 1.44. The number of rotatable bonds is 2. The topological polar surface area (TPSA) is 79.1 Å². The summed E-state index contributed by atoms with van der Waals surface area (Å²) < 4.78 is 5.40. The smallest absolute Gasteiger partial charge is 0.263 e. The van der Waals surface area contributed by atoms with Crippen molar-refractivity contribution >= 4 is 0 Å². The van der Waals surface area contributed by atoms with Gasteiger partial charge in [0, 0.05) is 0 Å². The Morgan fingerprint density at radius 2 is 1.81 bits per heavy atom. The fraction of sp³-hybridized carbons (Fsp3) is 0.125. The van der Waals surface area contributed by atoms with Crippen LogP contribution in [0.5, 0.6) is 5.88 Å². The first-order chi connectivity index (χ1) is 10.0. The zero-order valence-corrected chi connectivity index (χ0v) is 11.7. The van der Waals surface area contributed by atoms with Crippen LogP contribution in [0.2, 0.25) is 0 Å². The van der Waals surface area contributed by atoms with Crippen molar-refractivity contribution in [2.75, 3.05) is 0 Å². The first kappa shape index (κ1) is 13.2. The molecule has 0 atom stereocenters. The molecule has 0 spiro atoms. The van der Waals surface area contributed by atoms with Gasteiger partial charge in [-0.3, -0.25) is 4.79 Å². The molecule has 106 valence electrons. The normalized spacial score (nSPS) is 10.8. The molecule has 1 aromatic carbocycles. The predicted octanol–water partition coefficient (Wildman–Crippen LogP) is 3.02. The van der Waals surface area contributed by atoms with E-state index in [0.29, 0.717) is 17.1 Å². The van der Waals surface area contributed by atoms with Crippen LogP contribution in [0.4, 0.5) is 0 Å². The fourth-order valence-electron chi connectivity index (χ4n) is 2.12. The highest BCUT2D eigenvalue weighted by Gasteiger charge is 2.15. The van der Waals surface area contributed by atoms with Gasteiger partial charge < -0.3 is 14.5 Å². The lowest BCUT2D eigenvalue weighted by atomic mass is 10.1. The van der Waals surface area contributed by atoms with Crippen molar-refractivity contribution in [3.63, 3.8) is 0 Å². The Morgan fingerprint density at radius 3 is 2.38 bits per heavy atom. The Hall–Kier alpha value is -2.82. The molecule has 2 heterocycles. The number of benzene rings is 1. The number of aromatic hydroxyl groups is 1. The third-order valence-corrected chi connectivity index (χ3v) is 3.21. The Bertz CT molecular complexity index is 845. The molecule has 0 bridgehead atoms. The van der Waals surface area contributed by atoms with Crippen LogP contribution in [-0.2, 0) is 0 Å². The standard InChI is InChI=1S/C16H14N2O3/c1-9-3-6-11(7-4-9)13-15(19)17-14(18-16(13)20)12-8-5-10(2)21-12/h3-8H,1-2H3,(H2,17,18,19,20). The van der Waals surface area contributed by atoms with E-state index in [1.54, 1.807) is 31.2 Å². The zero-order chi connectivity index (χ0) is 15.0. The number of hydrogen-bond donors (Lipinski definition) is 2. The van der Waals surface area contributed by atoms with Crippen molar-refractivity contribution in [2.45, 2.75) is 13.8 Å². The average Bonchev–Trinajstić information content (AvgIpc) is 2.87. The molecule has 3 aromatic rings. The van der Waals surface area contributed by atoms with Crippen LogP contribution in [0, 0.1) is 13.8 Å². The van der Waals surface area contributed by atoms with Gasteiger partial charge in [0.2, 0.25) is 5.88 Å². The predicted molar refractivity (Wildman–Crippen MR) is 79.1 cm³/mol. The SMILES string of the molecule is Cc1ccc(-c2c(O)nc(-c3ccc(C)o3)[nH]c2=O)cc1. The molecule has 21 heavy (non-hydrogen) atoms. The lowest BCUT2D eigenvalue weighted by molar-refractivity contribution is 0.452. The number of aryl methyl sites for hydroxylation is 2. The fourth-order valence-corrected chi connectivity index (χ4v) is 2.12. The molecule has 0 aliphatic heterocycles. The molecule has 0 aliphatic rings. The van der Waals surface area contributed by atoms with Crippen molar-refractivity contribution in [1.82, 2.24) is 9.97 Å². The minimum atomic E-state index is -0.407. The summed E-state index contributed by atoms with van der Waals surface area (Å²) in [5, 5.41) is 10.1. The van der Waals surface area contributed by atoms with Gasteiger partial charge in [0.15, 0.2) is 11.6 Å². The summed E-state index contributed by atoms with van der Waals surface area (Å²) >= 11 is 0. The maximum absolute atomic E-state index is 12.2. The molecule has 0 amide bonds. The van der Waals surface area contributed by atoms with Gasteiger partial charge in [0.25, 0.3) is 5.56 Å². The Balaban J connectivity index is 2.12. The minimum absolute atomic E-state index is 0.155. The van der Waals surface area contributed by atoms with Gasteiger partial charge in [-0.2, -0.15) is 4.98 Å². The highest BCUT2D eigenvalue weighted by Crippen LogP contribution is 2.26. The largest absolute Gasteiger partial charge is 0.493 e. The number of H-pyrrole nitrogens is 1. The summed E-state index contributed by atoms with van der Waals surface area (Å²) in [6, 6.07) is 10.8. The molecule has 0 aliphatic carbocycles. The van der Waals surface area contributed by atoms with Crippen LogP contribution >= 0.6 is 0 Å². The number of nitrogens with one attached hydrogen (secondary N) is 1. The molecule has 5 nitrogen and oxygen atoms in total. The van der Waals surface area contributed by atoms with E-state index >= 15 is 0 Å².